The maximum absolute atomic E-state index is 12.7. The van der Waals surface area contributed by atoms with Crippen LogP contribution in [0.3, 0.4) is 0 Å². The molecule has 2 heterocycles. The first-order valence-corrected chi connectivity index (χ1v) is 12.6. The van der Waals surface area contributed by atoms with Gasteiger partial charge in [-0.1, -0.05) is 0 Å². The molecule has 0 bridgehead atoms. The van der Waals surface area contributed by atoms with E-state index in [9.17, 15) is 4.79 Å². The lowest BCUT2D eigenvalue weighted by Gasteiger charge is -2.30. The number of nitrogens with zero attached hydrogens (tertiary/aromatic N) is 1. The highest BCUT2D eigenvalue weighted by molar-refractivity contribution is 8.00. The highest BCUT2D eigenvalue weighted by Crippen LogP contribution is 2.56. The number of rotatable bonds is 5. The van der Waals surface area contributed by atoms with E-state index >= 15 is 0 Å². The molecule has 0 atom stereocenters. The first kappa shape index (κ1) is 19.5. The Hall–Kier alpha value is -2.14. The number of aromatic amines is 1. The molecule has 31 heavy (non-hydrogen) atoms. The second-order valence-electron chi connectivity index (χ2n) is 10.1. The summed E-state index contributed by atoms with van der Waals surface area (Å²) < 4.78 is 1.72. The minimum atomic E-state index is 0.0341. The topological polar surface area (TPSA) is 49.8 Å². The van der Waals surface area contributed by atoms with Crippen LogP contribution in [0.1, 0.15) is 57.1 Å². The molecule has 1 spiro atoms. The van der Waals surface area contributed by atoms with Crippen LogP contribution in [-0.2, 0) is 7.05 Å². The number of nitrogens with one attached hydrogen (secondary N) is 2. The number of hydrogen-bond donors (Lipinski definition) is 2. The normalized spacial score (nSPS) is 20.5. The molecule has 2 aromatic heterocycles. The molecule has 3 fully saturated rings. The zero-order chi connectivity index (χ0) is 21.2. The number of aryl methyl sites for hydroxylation is 2. The summed E-state index contributed by atoms with van der Waals surface area (Å²) in [6.07, 6.45) is 12.8. The second-order valence-corrected chi connectivity index (χ2v) is 11.5. The van der Waals surface area contributed by atoms with Gasteiger partial charge in [-0.3, -0.25) is 4.79 Å². The minimum absolute atomic E-state index is 0.0341. The molecule has 3 aliphatic carbocycles. The monoisotopic (exact) mass is 433 g/mol. The second kappa shape index (κ2) is 7.19. The lowest BCUT2D eigenvalue weighted by Crippen LogP contribution is -2.27. The van der Waals surface area contributed by atoms with E-state index in [0.29, 0.717) is 17.0 Å². The Morgan fingerprint density at radius 3 is 2.55 bits per heavy atom. The molecule has 3 aromatic rings. The summed E-state index contributed by atoms with van der Waals surface area (Å²) in [6, 6.07) is 9.56. The summed E-state index contributed by atoms with van der Waals surface area (Å²) in [4.78, 5) is 17.4. The van der Waals surface area contributed by atoms with Crippen LogP contribution < -0.4 is 10.9 Å². The van der Waals surface area contributed by atoms with Crippen molar-refractivity contribution in [1.82, 2.24) is 9.55 Å². The number of hydrogen-bond acceptors (Lipinski definition) is 3. The van der Waals surface area contributed by atoms with E-state index in [4.69, 9.17) is 0 Å². The standard InChI is InChI=1S/C26H31N3OS/c1-16-13-21-22(15-29(2)25(30)24(21)27-16)20-14-19(31-18-3-4-18)5-6-23(20)28-17-7-9-26(10-8-17)11-12-26/h5-6,13-15,17-18,27-28H,3-4,7-12H2,1-2H3. The molecule has 3 aliphatic rings. The molecule has 4 nitrogen and oxygen atoms in total. The van der Waals surface area contributed by atoms with E-state index in [1.807, 2.05) is 31.9 Å². The summed E-state index contributed by atoms with van der Waals surface area (Å²) in [7, 11) is 1.85. The molecule has 5 heteroatoms. The highest BCUT2D eigenvalue weighted by Gasteiger charge is 2.44. The first-order valence-electron chi connectivity index (χ1n) is 11.8. The summed E-state index contributed by atoms with van der Waals surface area (Å²) in [5.74, 6) is 0. The molecule has 1 aromatic carbocycles. The number of anilines is 1. The van der Waals surface area contributed by atoms with Crippen LogP contribution in [0.5, 0.6) is 0 Å². The molecule has 162 valence electrons. The Kier molecular flexibility index (Phi) is 4.53. The third-order valence-electron chi connectivity index (χ3n) is 7.57. The molecule has 6 rings (SSSR count). The summed E-state index contributed by atoms with van der Waals surface area (Å²) >= 11 is 1.99. The Bertz CT molecular complexity index is 1210. The molecule has 0 unspecified atom stereocenters. The average molecular weight is 434 g/mol. The molecular weight excluding hydrogens is 402 g/mol. The largest absolute Gasteiger partial charge is 0.382 e. The smallest absolute Gasteiger partial charge is 0.274 e. The quantitative estimate of drug-likeness (QED) is 0.501. The van der Waals surface area contributed by atoms with Crippen LogP contribution in [0.15, 0.2) is 40.2 Å². The zero-order valence-corrected chi connectivity index (χ0v) is 19.3. The molecule has 3 saturated carbocycles. The highest BCUT2D eigenvalue weighted by atomic mass is 32.2. The Morgan fingerprint density at radius 2 is 1.84 bits per heavy atom. The van der Waals surface area contributed by atoms with Crippen LogP contribution in [-0.4, -0.2) is 20.8 Å². The van der Waals surface area contributed by atoms with Gasteiger partial charge in [0.05, 0.1) is 0 Å². The summed E-state index contributed by atoms with van der Waals surface area (Å²) in [6.45, 7) is 2.03. The molecule has 0 amide bonds. The average Bonchev–Trinajstić information content (AvgIpc) is 3.68. The fourth-order valence-corrected chi connectivity index (χ4v) is 6.37. The predicted molar refractivity (Wildman–Crippen MR) is 130 cm³/mol. The van der Waals surface area contributed by atoms with Gasteiger partial charge >= 0.3 is 0 Å². The van der Waals surface area contributed by atoms with E-state index in [0.717, 1.165) is 21.9 Å². The molecule has 0 saturated heterocycles. The van der Waals surface area contributed by atoms with Crippen molar-refractivity contribution in [3.63, 3.8) is 0 Å². The van der Waals surface area contributed by atoms with Crippen LogP contribution in [0, 0.1) is 12.3 Å². The van der Waals surface area contributed by atoms with Gasteiger partial charge in [0.1, 0.15) is 5.52 Å². The summed E-state index contributed by atoms with van der Waals surface area (Å²) in [5, 5.41) is 5.71. The molecule has 0 aliphatic heterocycles. The zero-order valence-electron chi connectivity index (χ0n) is 18.5. The van der Waals surface area contributed by atoms with Gasteiger partial charge in [-0.2, -0.15) is 0 Å². The van der Waals surface area contributed by atoms with Gasteiger partial charge < -0.3 is 14.9 Å². The van der Waals surface area contributed by atoms with Crippen molar-refractivity contribution in [2.75, 3.05) is 5.32 Å². The van der Waals surface area contributed by atoms with Crippen LogP contribution >= 0.6 is 11.8 Å². The van der Waals surface area contributed by atoms with Gasteiger partial charge in [-0.05, 0) is 88.0 Å². The lowest BCUT2D eigenvalue weighted by molar-refractivity contribution is 0.317. The van der Waals surface area contributed by atoms with Gasteiger partial charge in [0.15, 0.2) is 0 Å². The Morgan fingerprint density at radius 1 is 1.06 bits per heavy atom. The number of fused-ring (bicyclic) bond motifs is 1. The third kappa shape index (κ3) is 3.71. The fraction of sp³-hybridized carbons (Fsp3) is 0.500. The Balaban J connectivity index is 1.42. The number of H-pyrrole nitrogens is 1. The number of benzene rings is 1. The predicted octanol–water partition coefficient (Wildman–Crippen LogP) is 6.23. The molecular formula is C26H31N3OS. The van der Waals surface area contributed by atoms with Crippen molar-refractivity contribution >= 4 is 28.4 Å². The third-order valence-corrected chi connectivity index (χ3v) is 8.90. The van der Waals surface area contributed by atoms with Gasteiger partial charge in [0.2, 0.25) is 0 Å². The van der Waals surface area contributed by atoms with Gasteiger partial charge in [-0.15, -0.1) is 11.8 Å². The number of pyridine rings is 1. The van der Waals surface area contributed by atoms with Crippen molar-refractivity contribution in [2.24, 2.45) is 12.5 Å². The van der Waals surface area contributed by atoms with Crippen molar-refractivity contribution in [1.29, 1.82) is 0 Å². The van der Waals surface area contributed by atoms with E-state index in [1.165, 1.54) is 67.5 Å². The van der Waals surface area contributed by atoms with E-state index in [-0.39, 0.29) is 5.56 Å². The lowest BCUT2D eigenvalue weighted by atomic mass is 9.83. The summed E-state index contributed by atoms with van der Waals surface area (Å²) in [5.41, 5.74) is 6.03. The van der Waals surface area contributed by atoms with Crippen molar-refractivity contribution < 1.29 is 0 Å². The van der Waals surface area contributed by atoms with Crippen LogP contribution in [0.2, 0.25) is 0 Å². The maximum Gasteiger partial charge on any atom is 0.274 e. The van der Waals surface area contributed by atoms with Crippen molar-refractivity contribution in [2.45, 2.75) is 74.5 Å². The number of aromatic nitrogens is 2. The Labute approximate surface area is 187 Å². The molecule has 0 radical (unpaired) electrons. The van der Waals surface area contributed by atoms with Crippen LogP contribution in [0.4, 0.5) is 5.69 Å². The van der Waals surface area contributed by atoms with Crippen molar-refractivity contribution in [3.05, 3.63) is 46.5 Å². The van der Waals surface area contributed by atoms with Gasteiger partial charge in [-0.25, -0.2) is 0 Å². The SMILES string of the molecule is Cc1cc2c(-c3cc(SC4CC4)ccc3NC3CCC4(CC3)CC4)cn(C)c(=O)c2[nH]1. The maximum atomic E-state index is 12.7. The first-order chi connectivity index (χ1) is 15.0. The van der Waals surface area contributed by atoms with Gasteiger partial charge in [0, 0.05) is 57.3 Å². The van der Waals surface area contributed by atoms with Crippen molar-refractivity contribution in [3.8, 4) is 11.1 Å². The minimum Gasteiger partial charge on any atom is -0.382 e. The van der Waals surface area contributed by atoms with Gasteiger partial charge in [0.25, 0.3) is 5.56 Å². The van der Waals surface area contributed by atoms with E-state index < -0.39 is 0 Å². The van der Waals surface area contributed by atoms with E-state index in [1.54, 1.807) is 4.57 Å². The number of thioether (sulfide) groups is 1. The van der Waals surface area contributed by atoms with E-state index in [2.05, 4.69) is 34.6 Å². The molecule has 2 N–H and O–H groups in total. The van der Waals surface area contributed by atoms with Crippen LogP contribution in [0.25, 0.3) is 22.0 Å². The fourth-order valence-electron chi connectivity index (χ4n) is 5.28.